The Morgan fingerprint density at radius 1 is 1.62 bits per heavy atom. The lowest BCUT2D eigenvalue weighted by atomic mass is 10.2. The molecule has 0 aliphatic rings. The van der Waals surface area contributed by atoms with Crippen LogP contribution < -0.4 is 5.73 Å². The first-order valence-electron chi connectivity index (χ1n) is 4.59. The van der Waals surface area contributed by atoms with Crippen molar-refractivity contribution in [3.63, 3.8) is 0 Å². The third-order valence-electron chi connectivity index (χ3n) is 2.08. The van der Waals surface area contributed by atoms with Crippen molar-refractivity contribution in [1.82, 2.24) is 4.98 Å². The minimum Gasteiger partial charge on any atom is -0.481 e. The summed E-state index contributed by atoms with van der Waals surface area (Å²) < 4.78 is 0.959. The van der Waals surface area contributed by atoms with Crippen molar-refractivity contribution < 1.29 is 9.90 Å². The van der Waals surface area contributed by atoms with Crippen LogP contribution in [0.4, 0.5) is 0 Å². The number of carboxylic acid groups (broad SMARTS) is 1. The van der Waals surface area contributed by atoms with Crippen LogP contribution in [-0.4, -0.2) is 16.1 Å². The van der Waals surface area contributed by atoms with Gasteiger partial charge < -0.3 is 10.8 Å². The predicted octanol–water partition coefficient (Wildman–Crippen LogP) is 2.42. The summed E-state index contributed by atoms with van der Waals surface area (Å²) in [7, 11) is 0. The molecule has 1 aromatic heterocycles. The lowest BCUT2D eigenvalue weighted by Crippen LogP contribution is -2.14. The molecule has 6 heteroatoms. The van der Waals surface area contributed by atoms with Crippen molar-refractivity contribution in [3.05, 3.63) is 28.2 Å². The first-order chi connectivity index (χ1) is 7.56. The number of halogens is 1. The summed E-state index contributed by atoms with van der Waals surface area (Å²) in [6, 6.07) is 4.80. The summed E-state index contributed by atoms with van der Waals surface area (Å²) in [6.45, 7) is 0. The molecule has 0 amide bonds. The third kappa shape index (κ3) is 2.32. The highest BCUT2D eigenvalue weighted by Gasteiger charge is 2.15. The first-order valence-corrected chi connectivity index (χ1v) is 5.79. The highest BCUT2D eigenvalue weighted by Crippen LogP contribution is 2.28. The minimum atomic E-state index is -0.926. The Hall–Kier alpha value is -1.17. The van der Waals surface area contributed by atoms with Crippen LogP contribution in [0.5, 0.6) is 0 Å². The normalized spacial score (nSPS) is 12.9. The molecule has 0 aliphatic heterocycles. The highest BCUT2D eigenvalue weighted by molar-refractivity contribution is 7.18. The van der Waals surface area contributed by atoms with Crippen LogP contribution in [0, 0.1) is 0 Å². The van der Waals surface area contributed by atoms with Crippen LogP contribution in [0.15, 0.2) is 18.2 Å². The molecule has 1 atom stereocenters. The number of aliphatic carboxylic acids is 1. The van der Waals surface area contributed by atoms with Crippen LogP contribution in [0.25, 0.3) is 10.2 Å². The summed E-state index contributed by atoms with van der Waals surface area (Å²) in [6.07, 6.45) is -0.118. The molecule has 0 radical (unpaired) electrons. The van der Waals surface area contributed by atoms with Crippen molar-refractivity contribution in [1.29, 1.82) is 0 Å². The number of nitrogens with two attached hydrogens (primary N) is 1. The Morgan fingerprint density at radius 2 is 2.38 bits per heavy atom. The van der Waals surface area contributed by atoms with E-state index < -0.39 is 12.0 Å². The van der Waals surface area contributed by atoms with Gasteiger partial charge in [-0.15, -0.1) is 11.3 Å². The lowest BCUT2D eigenvalue weighted by molar-refractivity contribution is -0.137. The van der Waals surface area contributed by atoms with Gasteiger partial charge in [0.2, 0.25) is 0 Å². The van der Waals surface area contributed by atoms with Gasteiger partial charge in [-0.25, -0.2) is 4.98 Å². The Balaban J connectivity index is 2.35. The second-order valence-electron chi connectivity index (χ2n) is 3.37. The van der Waals surface area contributed by atoms with E-state index in [1.54, 1.807) is 12.1 Å². The molecule has 84 valence electrons. The SMILES string of the molecule is NC(CC(=O)O)c1nc2cc(Cl)ccc2s1. The van der Waals surface area contributed by atoms with Crippen LogP contribution >= 0.6 is 22.9 Å². The van der Waals surface area contributed by atoms with Crippen molar-refractivity contribution in [2.45, 2.75) is 12.5 Å². The number of thiazole rings is 1. The van der Waals surface area contributed by atoms with Crippen LogP contribution in [0.2, 0.25) is 5.02 Å². The van der Waals surface area contributed by atoms with Gasteiger partial charge in [0.05, 0.1) is 22.7 Å². The molecule has 0 aliphatic carbocycles. The van der Waals surface area contributed by atoms with Crippen LogP contribution in [-0.2, 0) is 4.79 Å². The Labute approximate surface area is 101 Å². The van der Waals surface area contributed by atoms with Crippen molar-refractivity contribution in [3.8, 4) is 0 Å². The monoisotopic (exact) mass is 256 g/mol. The Morgan fingerprint density at radius 3 is 3.06 bits per heavy atom. The molecule has 1 unspecified atom stereocenters. The summed E-state index contributed by atoms with van der Waals surface area (Å²) in [5.41, 5.74) is 6.49. The average molecular weight is 257 g/mol. The molecule has 16 heavy (non-hydrogen) atoms. The van der Waals surface area contributed by atoms with E-state index in [1.165, 1.54) is 11.3 Å². The summed E-state index contributed by atoms with van der Waals surface area (Å²) in [5.74, 6) is -0.926. The zero-order valence-corrected chi connectivity index (χ0v) is 9.76. The molecule has 0 fully saturated rings. The van der Waals surface area contributed by atoms with Crippen LogP contribution in [0.1, 0.15) is 17.5 Å². The van der Waals surface area contributed by atoms with Gasteiger partial charge in [-0.3, -0.25) is 4.79 Å². The molecule has 1 aromatic carbocycles. The van der Waals surface area contributed by atoms with Gasteiger partial charge in [-0.1, -0.05) is 11.6 Å². The maximum atomic E-state index is 10.5. The fourth-order valence-corrected chi connectivity index (χ4v) is 2.47. The van der Waals surface area contributed by atoms with E-state index in [2.05, 4.69) is 4.98 Å². The maximum Gasteiger partial charge on any atom is 0.305 e. The number of carboxylic acids is 1. The predicted molar refractivity (Wildman–Crippen MR) is 63.8 cm³/mol. The fourth-order valence-electron chi connectivity index (χ4n) is 1.35. The first kappa shape index (κ1) is 11.3. The minimum absolute atomic E-state index is 0.118. The number of aromatic nitrogens is 1. The maximum absolute atomic E-state index is 10.5. The summed E-state index contributed by atoms with van der Waals surface area (Å²) in [5, 5.41) is 9.87. The number of hydrogen-bond donors (Lipinski definition) is 2. The number of fused-ring (bicyclic) bond motifs is 1. The molecular formula is C10H9ClN2O2S. The summed E-state index contributed by atoms with van der Waals surface area (Å²) in [4.78, 5) is 14.8. The molecule has 0 bridgehead atoms. The molecule has 1 heterocycles. The molecule has 4 nitrogen and oxygen atoms in total. The quantitative estimate of drug-likeness (QED) is 0.884. The third-order valence-corrected chi connectivity index (χ3v) is 3.48. The van der Waals surface area contributed by atoms with Crippen LogP contribution in [0.3, 0.4) is 0 Å². The number of carbonyl (C=O) groups is 1. The van der Waals surface area contributed by atoms with E-state index in [-0.39, 0.29) is 6.42 Å². The van der Waals surface area contributed by atoms with E-state index in [0.29, 0.717) is 10.0 Å². The van der Waals surface area contributed by atoms with Gasteiger partial charge in [-0.05, 0) is 18.2 Å². The zero-order valence-electron chi connectivity index (χ0n) is 8.18. The van der Waals surface area contributed by atoms with E-state index in [0.717, 1.165) is 10.2 Å². The van der Waals surface area contributed by atoms with Crippen molar-refractivity contribution >= 4 is 39.1 Å². The molecule has 0 saturated carbocycles. The summed E-state index contributed by atoms with van der Waals surface area (Å²) >= 11 is 7.23. The number of nitrogens with zero attached hydrogens (tertiary/aromatic N) is 1. The highest BCUT2D eigenvalue weighted by atomic mass is 35.5. The standard InChI is InChI=1S/C10H9ClN2O2S/c11-5-1-2-8-7(3-5)13-10(16-8)6(12)4-9(14)15/h1-3,6H,4,12H2,(H,14,15). The molecule has 2 rings (SSSR count). The van der Waals surface area contributed by atoms with E-state index in [1.807, 2.05) is 6.07 Å². The van der Waals surface area contributed by atoms with Gasteiger partial charge in [0.1, 0.15) is 5.01 Å². The van der Waals surface area contributed by atoms with Gasteiger partial charge >= 0.3 is 5.97 Å². The second-order valence-corrected chi connectivity index (χ2v) is 4.87. The molecule has 3 N–H and O–H groups in total. The number of benzene rings is 1. The van der Waals surface area contributed by atoms with E-state index >= 15 is 0 Å². The van der Waals surface area contributed by atoms with E-state index in [9.17, 15) is 4.79 Å². The van der Waals surface area contributed by atoms with Crippen molar-refractivity contribution in [2.75, 3.05) is 0 Å². The molecule has 2 aromatic rings. The second kappa shape index (κ2) is 4.37. The molecule has 0 saturated heterocycles. The zero-order chi connectivity index (χ0) is 11.7. The fraction of sp³-hybridized carbons (Fsp3) is 0.200. The molecular weight excluding hydrogens is 248 g/mol. The Kier molecular flexibility index (Phi) is 3.09. The largest absolute Gasteiger partial charge is 0.481 e. The van der Waals surface area contributed by atoms with Gasteiger partial charge in [-0.2, -0.15) is 0 Å². The van der Waals surface area contributed by atoms with E-state index in [4.69, 9.17) is 22.4 Å². The average Bonchev–Trinajstić information content (AvgIpc) is 2.59. The van der Waals surface area contributed by atoms with Gasteiger partial charge in [0.15, 0.2) is 0 Å². The lowest BCUT2D eigenvalue weighted by Gasteiger charge is -2.02. The van der Waals surface area contributed by atoms with Gasteiger partial charge in [0, 0.05) is 5.02 Å². The smallest absolute Gasteiger partial charge is 0.305 e. The number of rotatable bonds is 3. The Bertz CT molecular complexity index is 541. The molecule has 0 spiro atoms. The van der Waals surface area contributed by atoms with Crippen molar-refractivity contribution in [2.24, 2.45) is 5.73 Å². The number of hydrogen-bond acceptors (Lipinski definition) is 4. The van der Waals surface area contributed by atoms with Gasteiger partial charge in [0.25, 0.3) is 0 Å². The topological polar surface area (TPSA) is 76.2 Å².